The number of carbonyl (C=O) groups excluding carboxylic acids is 1. The average molecular weight is 344 g/mol. The summed E-state index contributed by atoms with van der Waals surface area (Å²) in [7, 11) is 0. The number of benzene rings is 1. The summed E-state index contributed by atoms with van der Waals surface area (Å²) in [5.74, 6) is -1.43. The Morgan fingerprint density at radius 1 is 1.29 bits per heavy atom. The van der Waals surface area contributed by atoms with Crippen molar-refractivity contribution in [1.82, 2.24) is 9.88 Å². The molecule has 1 aromatic heterocycles. The Bertz CT molecular complexity index is 757. The van der Waals surface area contributed by atoms with Crippen molar-refractivity contribution in [1.29, 1.82) is 0 Å². The minimum Gasteiger partial charge on any atom is -0.481 e. The van der Waals surface area contributed by atoms with Crippen LogP contribution in [0.1, 0.15) is 35.1 Å². The molecule has 0 bridgehead atoms. The van der Waals surface area contributed by atoms with Crippen molar-refractivity contribution < 1.29 is 14.7 Å². The maximum absolute atomic E-state index is 12.9. The molecule has 1 aliphatic heterocycles. The third-order valence-corrected chi connectivity index (χ3v) is 5.77. The van der Waals surface area contributed by atoms with Crippen molar-refractivity contribution in [3.05, 3.63) is 40.9 Å². The van der Waals surface area contributed by atoms with E-state index in [0.717, 1.165) is 17.0 Å². The Labute approximate surface area is 145 Å². The van der Waals surface area contributed by atoms with Gasteiger partial charge < -0.3 is 10.0 Å². The molecule has 0 aliphatic carbocycles. The van der Waals surface area contributed by atoms with Gasteiger partial charge in [0.05, 0.1) is 11.6 Å². The minimum atomic E-state index is -0.828. The first kappa shape index (κ1) is 16.6. The molecule has 2 heterocycles. The number of carbonyl (C=O) groups is 2. The lowest BCUT2D eigenvalue weighted by atomic mass is 9.90. The number of carboxylic acids is 1. The summed E-state index contributed by atoms with van der Waals surface area (Å²) < 4.78 is 0. The molecular weight excluding hydrogens is 324 g/mol. The Morgan fingerprint density at radius 2 is 2.00 bits per heavy atom. The first-order chi connectivity index (χ1) is 11.5. The van der Waals surface area contributed by atoms with E-state index >= 15 is 0 Å². The van der Waals surface area contributed by atoms with Crippen LogP contribution in [0.5, 0.6) is 0 Å². The molecule has 1 fully saturated rings. The van der Waals surface area contributed by atoms with Crippen LogP contribution < -0.4 is 0 Å². The molecule has 3 rings (SSSR count). The fourth-order valence-electron chi connectivity index (χ4n) is 3.19. The van der Waals surface area contributed by atoms with Gasteiger partial charge in [0.1, 0.15) is 9.88 Å². The van der Waals surface area contributed by atoms with Crippen molar-refractivity contribution in [2.24, 2.45) is 5.92 Å². The van der Waals surface area contributed by atoms with Gasteiger partial charge in [-0.2, -0.15) is 0 Å². The van der Waals surface area contributed by atoms with Crippen LogP contribution in [0.25, 0.3) is 10.6 Å². The average Bonchev–Trinajstić information content (AvgIpc) is 2.97. The molecule has 2 aromatic rings. The smallest absolute Gasteiger partial charge is 0.308 e. The van der Waals surface area contributed by atoms with Crippen LogP contribution in [0.3, 0.4) is 0 Å². The van der Waals surface area contributed by atoms with Crippen LogP contribution in [0.2, 0.25) is 0 Å². The highest BCUT2D eigenvalue weighted by molar-refractivity contribution is 7.17. The van der Waals surface area contributed by atoms with E-state index in [1.807, 2.05) is 44.2 Å². The monoisotopic (exact) mass is 344 g/mol. The van der Waals surface area contributed by atoms with Crippen molar-refractivity contribution in [3.63, 3.8) is 0 Å². The summed E-state index contributed by atoms with van der Waals surface area (Å²) in [6.45, 7) is 4.26. The molecule has 1 N–H and O–H groups in total. The second-order valence-electron chi connectivity index (χ2n) is 6.13. The molecule has 0 radical (unpaired) electrons. The number of hydrogen-bond acceptors (Lipinski definition) is 4. The second-order valence-corrected chi connectivity index (χ2v) is 7.12. The number of aromatic nitrogens is 1. The van der Waals surface area contributed by atoms with Crippen LogP contribution in [-0.2, 0) is 4.79 Å². The summed E-state index contributed by atoms with van der Waals surface area (Å²) in [6.07, 6.45) is 1.34. The van der Waals surface area contributed by atoms with E-state index in [-0.39, 0.29) is 11.9 Å². The highest BCUT2D eigenvalue weighted by Gasteiger charge is 2.36. The highest BCUT2D eigenvalue weighted by Crippen LogP contribution is 2.31. The van der Waals surface area contributed by atoms with Gasteiger partial charge in [0.25, 0.3) is 5.91 Å². The van der Waals surface area contributed by atoms with Crippen LogP contribution in [0.4, 0.5) is 0 Å². The number of aliphatic carboxylic acids is 1. The van der Waals surface area contributed by atoms with Gasteiger partial charge in [-0.1, -0.05) is 30.3 Å². The number of nitrogens with zero attached hydrogens (tertiary/aromatic N) is 2. The molecule has 0 unspecified atom stereocenters. The fourth-order valence-corrected chi connectivity index (χ4v) is 4.22. The van der Waals surface area contributed by atoms with E-state index in [4.69, 9.17) is 0 Å². The summed E-state index contributed by atoms with van der Waals surface area (Å²) in [6, 6.07) is 9.46. The number of hydrogen-bond donors (Lipinski definition) is 1. The van der Waals surface area contributed by atoms with E-state index in [2.05, 4.69) is 4.98 Å². The summed E-state index contributed by atoms with van der Waals surface area (Å²) in [5, 5.41) is 10.2. The van der Waals surface area contributed by atoms with E-state index < -0.39 is 11.9 Å². The number of likely N-dealkylation sites (tertiary alicyclic amines) is 1. The maximum atomic E-state index is 12.9. The van der Waals surface area contributed by atoms with Gasteiger partial charge in [-0.15, -0.1) is 11.3 Å². The van der Waals surface area contributed by atoms with Crippen molar-refractivity contribution >= 4 is 23.2 Å². The third-order valence-electron chi connectivity index (χ3n) is 4.58. The molecule has 1 saturated heterocycles. The van der Waals surface area contributed by atoms with Gasteiger partial charge >= 0.3 is 5.97 Å². The number of amides is 1. The number of rotatable bonds is 3. The molecule has 0 saturated carbocycles. The number of carboxylic acid groups (broad SMARTS) is 1. The standard InChI is InChI=1S/C18H20N2O3S/c1-11-15(24-16(19-11)13-7-4-3-5-8-13)17(21)20-10-6-9-14(12(20)2)18(22)23/h3-5,7-8,12,14H,6,9-10H2,1-2H3,(H,22,23)/t12-,14-/m1/s1. The normalized spacial score (nSPS) is 20.8. The van der Waals surface area contributed by atoms with Crippen molar-refractivity contribution in [2.75, 3.05) is 6.54 Å². The van der Waals surface area contributed by atoms with Crippen LogP contribution >= 0.6 is 11.3 Å². The summed E-state index contributed by atoms with van der Waals surface area (Å²) >= 11 is 1.38. The molecule has 1 amide bonds. The van der Waals surface area contributed by atoms with Gasteiger partial charge in [-0.05, 0) is 26.7 Å². The van der Waals surface area contributed by atoms with Crippen LogP contribution in [0.15, 0.2) is 30.3 Å². The molecule has 0 spiro atoms. The second kappa shape index (κ2) is 6.73. The molecule has 24 heavy (non-hydrogen) atoms. The molecule has 1 aromatic carbocycles. The summed E-state index contributed by atoms with van der Waals surface area (Å²) in [4.78, 5) is 31.2. The Kier molecular flexibility index (Phi) is 4.66. The highest BCUT2D eigenvalue weighted by atomic mass is 32.1. The van der Waals surface area contributed by atoms with Crippen LogP contribution in [-0.4, -0.2) is 39.5 Å². The maximum Gasteiger partial charge on any atom is 0.308 e. The quantitative estimate of drug-likeness (QED) is 0.926. The zero-order valence-electron chi connectivity index (χ0n) is 13.7. The van der Waals surface area contributed by atoms with Crippen molar-refractivity contribution in [3.8, 4) is 10.6 Å². The van der Waals surface area contributed by atoms with E-state index in [9.17, 15) is 14.7 Å². The third kappa shape index (κ3) is 3.06. The topological polar surface area (TPSA) is 70.5 Å². The molecule has 2 atom stereocenters. The summed E-state index contributed by atoms with van der Waals surface area (Å²) in [5.41, 5.74) is 1.69. The molecular formula is C18H20N2O3S. The van der Waals surface area contributed by atoms with E-state index in [1.54, 1.807) is 4.90 Å². The van der Waals surface area contributed by atoms with E-state index in [1.165, 1.54) is 11.3 Å². The molecule has 5 nitrogen and oxygen atoms in total. The Balaban J connectivity index is 1.88. The number of thiazole rings is 1. The predicted molar refractivity (Wildman–Crippen MR) is 93.1 cm³/mol. The van der Waals surface area contributed by atoms with Gasteiger partial charge in [0.2, 0.25) is 0 Å². The number of piperidine rings is 1. The lowest BCUT2D eigenvalue weighted by molar-refractivity contribution is -0.144. The molecule has 6 heteroatoms. The van der Waals surface area contributed by atoms with Gasteiger partial charge in [0.15, 0.2) is 0 Å². The number of aryl methyl sites for hydroxylation is 1. The largest absolute Gasteiger partial charge is 0.481 e. The predicted octanol–water partition coefficient (Wildman–Crippen LogP) is 3.44. The Hall–Kier alpha value is -2.21. The first-order valence-corrected chi connectivity index (χ1v) is 8.87. The zero-order chi connectivity index (χ0) is 17.3. The van der Waals surface area contributed by atoms with E-state index in [0.29, 0.717) is 23.5 Å². The zero-order valence-corrected chi connectivity index (χ0v) is 14.5. The van der Waals surface area contributed by atoms with Crippen LogP contribution in [0, 0.1) is 12.8 Å². The SMILES string of the molecule is Cc1nc(-c2ccccc2)sc1C(=O)N1CCC[C@@H](C(=O)O)[C@H]1C. The first-order valence-electron chi connectivity index (χ1n) is 8.05. The lowest BCUT2D eigenvalue weighted by Gasteiger charge is -2.37. The molecule has 1 aliphatic rings. The van der Waals surface area contributed by atoms with Crippen molar-refractivity contribution in [2.45, 2.75) is 32.7 Å². The molecule has 126 valence electrons. The minimum absolute atomic E-state index is 0.106. The van der Waals surface area contributed by atoms with Gasteiger partial charge in [-0.3, -0.25) is 9.59 Å². The van der Waals surface area contributed by atoms with Gasteiger partial charge in [0, 0.05) is 18.2 Å². The fraction of sp³-hybridized carbons (Fsp3) is 0.389. The lowest BCUT2D eigenvalue weighted by Crippen LogP contribution is -2.49. The Morgan fingerprint density at radius 3 is 2.67 bits per heavy atom. The van der Waals surface area contributed by atoms with Gasteiger partial charge in [-0.25, -0.2) is 4.98 Å².